The Morgan fingerprint density at radius 3 is 2.61 bits per heavy atom. The number of hydrogen-bond acceptors (Lipinski definition) is 5. The van der Waals surface area contributed by atoms with E-state index in [-0.39, 0.29) is 11.1 Å². The summed E-state index contributed by atoms with van der Waals surface area (Å²) < 4.78 is 0. The smallest absolute Gasteiger partial charge is 0.138 e. The Morgan fingerprint density at radius 1 is 1.13 bits per heavy atom. The van der Waals surface area contributed by atoms with E-state index < -0.39 is 0 Å². The molecule has 0 unspecified atom stereocenters. The van der Waals surface area contributed by atoms with Crippen LogP contribution >= 0.6 is 11.3 Å². The van der Waals surface area contributed by atoms with E-state index in [0.29, 0.717) is 6.04 Å². The summed E-state index contributed by atoms with van der Waals surface area (Å²) in [6.07, 6.45) is 7.60. The van der Waals surface area contributed by atoms with Gasteiger partial charge >= 0.3 is 0 Å². The van der Waals surface area contributed by atoms with Gasteiger partial charge < -0.3 is 10.6 Å². The number of fused-ring (bicyclic) bond motifs is 3. The zero-order chi connectivity index (χ0) is 16.2. The van der Waals surface area contributed by atoms with Crippen molar-refractivity contribution in [1.82, 2.24) is 15.3 Å². The van der Waals surface area contributed by atoms with Crippen LogP contribution in [0.3, 0.4) is 0 Å². The van der Waals surface area contributed by atoms with Crippen molar-refractivity contribution in [3.05, 3.63) is 16.8 Å². The van der Waals surface area contributed by atoms with Gasteiger partial charge in [-0.15, -0.1) is 11.3 Å². The van der Waals surface area contributed by atoms with Gasteiger partial charge in [-0.1, -0.05) is 0 Å². The minimum Gasteiger partial charge on any atom is -0.367 e. The van der Waals surface area contributed by atoms with Crippen LogP contribution in [0.4, 0.5) is 5.82 Å². The summed E-state index contributed by atoms with van der Waals surface area (Å²) in [6, 6.07) is 0.441. The Morgan fingerprint density at radius 2 is 1.87 bits per heavy atom. The third-order valence-electron chi connectivity index (χ3n) is 5.03. The number of nitrogens with one attached hydrogen (secondary N) is 2. The lowest BCUT2D eigenvalue weighted by Gasteiger charge is -2.46. The SMILES string of the molecule is CC1(C)CC(Nc2ncnc3sc4c(c23)CCC4)CC(C)(C)N1. The molecule has 5 heteroatoms. The Balaban J connectivity index is 1.68. The summed E-state index contributed by atoms with van der Waals surface area (Å²) >= 11 is 1.86. The van der Waals surface area contributed by atoms with Gasteiger partial charge in [0.1, 0.15) is 17.0 Å². The molecule has 2 aromatic rings. The van der Waals surface area contributed by atoms with Gasteiger partial charge in [-0.25, -0.2) is 9.97 Å². The van der Waals surface area contributed by atoms with Gasteiger partial charge in [-0.2, -0.15) is 0 Å². The van der Waals surface area contributed by atoms with Crippen LogP contribution in [-0.4, -0.2) is 27.1 Å². The normalized spacial score (nSPS) is 23.1. The van der Waals surface area contributed by atoms with Gasteiger partial charge in [0.25, 0.3) is 0 Å². The molecule has 0 saturated carbocycles. The van der Waals surface area contributed by atoms with Crippen LogP contribution < -0.4 is 10.6 Å². The molecule has 0 aromatic carbocycles. The van der Waals surface area contributed by atoms with Crippen LogP contribution in [0, 0.1) is 0 Å². The molecule has 1 aliphatic carbocycles. The first-order chi connectivity index (χ1) is 10.8. The van der Waals surface area contributed by atoms with E-state index in [9.17, 15) is 0 Å². The van der Waals surface area contributed by atoms with Gasteiger partial charge in [-0.05, 0) is 65.4 Å². The number of hydrogen-bond donors (Lipinski definition) is 2. The second-order valence-corrected chi connectivity index (χ2v) is 9.49. The number of aromatic nitrogens is 2. The van der Waals surface area contributed by atoms with E-state index in [1.165, 1.54) is 35.1 Å². The molecule has 1 saturated heterocycles. The van der Waals surface area contributed by atoms with Crippen molar-refractivity contribution >= 4 is 27.4 Å². The summed E-state index contributed by atoms with van der Waals surface area (Å²) in [5.41, 5.74) is 1.78. The molecule has 2 aromatic heterocycles. The summed E-state index contributed by atoms with van der Waals surface area (Å²) in [4.78, 5) is 11.8. The predicted octanol–water partition coefficient (Wildman–Crippen LogP) is 3.90. The number of anilines is 1. The van der Waals surface area contributed by atoms with Gasteiger partial charge in [0.15, 0.2) is 0 Å². The van der Waals surface area contributed by atoms with Crippen molar-refractivity contribution in [3.8, 4) is 0 Å². The largest absolute Gasteiger partial charge is 0.367 e. The van der Waals surface area contributed by atoms with Crippen molar-refractivity contribution < 1.29 is 0 Å². The monoisotopic (exact) mass is 330 g/mol. The van der Waals surface area contributed by atoms with Gasteiger partial charge in [-0.3, -0.25) is 0 Å². The van der Waals surface area contributed by atoms with Crippen LogP contribution in [0.25, 0.3) is 10.2 Å². The highest BCUT2D eigenvalue weighted by atomic mass is 32.1. The third kappa shape index (κ3) is 2.85. The second kappa shape index (κ2) is 5.15. The molecule has 3 heterocycles. The fourth-order valence-corrected chi connectivity index (χ4v) is 5.88. The minimum absolute atomic E-state index is 0.141. The summed E-state index contributed by atoms with van der Waals surface area (Å²) in [5, 5.41) is 8.81. The summed E-state index contributed by atoms with van der Waals surface area (Å²) in [6.45, 7) is 9.17. The molecule has 1 aliphatic heterocycles. The zero-order valence-corrected chi connectivity index (χ0v) is 15.3. The highest BCUT2D eigenvalue weighted by Gasteiger charge is 2.38. The van der Waals surface area contributed by atoms with E-state index in [0.717, 1.165) is 23.5 Å². The predicted molar refractivity (Wildman–Crippen MR) is 97.4 cm³/mol. The van der Waals surface area contributed by atoms with Crippen molar-refractivity contribution in [3.63, 3.8) is 0 Å². The highest BCUT2D eigenvalue weighted by Crippen LogP contribution is 2.40. The molecule has 2 N–H and O–H groups in total. The van der Waals surface area contributed by atoms with E-state index in [4.69, 9.17) is 0 Å². The number of thiophene rings is 1. The number of rotatable bonds is 2. The average molecular weight is 331 g/mol. The Bertz CT molecular complexity index is 731. The van der Waals surface area contributed by atoms with Gasteiger partial charge in [0.2, 0.25) is 0 Å². The molecule has 23 heavy (non-hydrogen) atoms. The first-order valence-corrected chi connectivity index (χ1v) is 9.46. The third-order valence-corrected chi connectivity index (χ3v) is 6.23. The molecule has 4 rings (SSSR count). The maximum atomic E-state index is 4.61. The molecule has 0 radical (unpaired) electrons. The van der Waals surface area contributed by atoms with Crippen molar-refractivity contribution in [2.24, 2.45) is 0 Å². The van der Waals surface area contributed by atoms with Crippen LogP contribution in [0.1, 0.15) is 57.4 Å². The van der Waals surface area contributed by atoms with Gasteiger partial charge in [0.05, 0.1) is 5.39 Å². The lowest BCUT2D eigenvalue weighted by atomic mass is 9.79. The Hall–Kier alpha value is -1.20. The molecule has 0 spiro atoms. The summed E-state index contributed by atoms with van der Waals surface area (Å²) in [7, 11) is 0. The van der Waals surface area contributed by atoms with Crippen molar-refractivity contribution in [1.29, 1.82) is 0 Å². The fourth-order valence-electron chi connectivity index (χ4n) is 4.66. The molecule has 0 amide bonds. The molecular weight excluding hydrogens is 304 g/mol. The van der Waals surface area contributed by atoms with Crippen molar-refractivity contribution in [2.75, 3.05) is 5.32 Å². The number of nitrogens with zero attached hydrogens (tertiary/aromatic N) is 2. The molecular formula is C18H26N4S. The van der Waals surface area contributed by atoms with Crippen molar-refractivity contribution in [2.45, 2.75) is 76.9 Å². The fraction of sp³-hybridized carbons (Fsp3) is 0.667. The molecule has 124 valence electrons. The first kappa shape index (κ1) is 15.3. The average Bonchev–Trinajstić information content (AvgIpc) is 2.94. The van der Waals surface area contributed by atoms with E-state index >= 15 is 0 Å². The second-order valence-electron chi connectivity index (χ2n) is 8.40. The molecule has 0 bridgehead atoms. The van der Waals surface area contributed by atoms with Crippen LogP contribution in [-0.2, 0) is 12.8 Å². The maximum Gasteiger partial charge on any atom is 0.138 e. The zero-order valence-electron chi connectivity index (χ0n) is 14.5. The van der Waals surface area contributed by atoms with Crippen LogP contribution in [0.15, 0.2) is 6.33 Å². The molecule has 1 fully saturated rings. The van der Waals surface area contributed by atoms with E-state index in [1.54, 1.807) is 6.33 Å². The van der Waals surface area contributed by atoms with Crippen LogP contribution in [0.2, 0.25) is 0 Å². The Labute approximate surface area is 142 Å². The lowest BCUT2D eigenvalue weighted by molar-refractivity contribution is 0.170. The highest BCUT2D eigenvalue weighted by molar-refractivity contribution is 7.19. The van der Waals surface area contributed by atoms with Gasteiger partial charge in [0, 0.05) is 22.0 Å². The lowest BCUT2D eigenvalue weighted by Crippen LogP contribution is -2.60. The summed E-state index contributed by atoms with van der Waals surface area (Å²) in [5.74, 6) is 1.05. The number of piperidine rings is 1. The van der Waals surface area contributed by atoms with E-state index in [1.807, 2.05) is 11.3 Å². The standard InChI is InChI=1S/C18H26N4S/c1-17(2)8-11(9-18(3,4)22-17)21-15-14-12-6-5-7-13(12)23-16(14)20-10-19-15/h10-11,22H,5-9H2,1-4H3,(H,19,20,21). The topological polar surface area (TPSA) is 49.8 Å². The van der Waals surface area contributed by atoms with E-state index in [2.05, 4.69) is 48.3 Å². The first-order valence-electron chi connectivity index (χ1n) is 8.64. The number of aryl methyl sites for hydroxylation is 2. The molecule has 0 atom stereocenters. The maximum absolute atomic E-state index is 4.61. The molecule has 4 nitrogen and oxygen atoms in total. The Kier molecular flexibility index (Phi) is 3.43. The molecule has 2 aliphatic rings. The minimum atomic E-state index is 0.141. The quantitative estimate of drug-likeness (QED) is 0.877. The van der Waals surface area contributed by atoms with Crippen LogP contribution in [0.5, 0.6) is 0 Å².